The van der Waals surface area contributed by atoms with Gasteiger partial charge < -0.3 is 19.5 Å². The SMILES string of the molecule is C[C@@H]1CC[C@H](NC[C@H]2COC3(CCOCC3)O2)C[C@H]1C. The van der Waals surface area contributed by atoms with Gasteiger partial charge in [-0.25, -0.2) is 0 Å². The van der Waals surface area contributed by atoms with Crippen molar-refractivity contribution in [1.82, 2.24) is 5.32 Å². The Labute approximate surface area is 122 Å². The second-order valence-electron chi connectivity index (χ2n) is 6.95. The van der Waals surface area contributed by atoms with Crippen LogP contribution in [0.2, 0.25) is 0 Å². The summed E-state index contributed by atoms with van der Waals surface area (Å²) < 4.78 is 17.5. The summed E-state index contributed by atoms with van der Waals surface area (Å²) in [6.45, 7) is 7.94. The Kier molecular flexibility index (Phi) is 4.65. The molecule has 2 saturated heterocycles. The van der Waals surface area contributed by atoms with Crippen molar-refractivity contribution in [1.29, 1.82) is 0 Å². The first-order valence-electron chi connectivity index (χ1n) is 8.30. The van der Waals surface area contributed by atoms with Gasteiger partial charge in [-0.05, 0) is 31.1 Å². The third kappa shape index (κ3) is 3.35. The zero-order valence-electron chi connectivity index (χ0n) is 12.9. The molecule has 0 aromatic heterocycles. The summed E-state index contributed by atoms with van der Waals surface area (Å²) in [5.41, 5.74) is 0. The van der Waals surface area contributed by atoms with Crippen LogP contribution in [0.25, 0.3) is 0 Å². The topological polar surface area (TPSA) is 39.7 Å². The van der Waals surface area contributed by atoms with Gasteiger partial charge in [-0.2, -0.15) is 0 Å². The molecule has 2 aliphatic heterocycles. The molecule has 20 heavy (non-hydrogen) atoms. The number of hydrogen-bond acceptors (Lipinski definition) is 4. The lowest BCUT2D eigenvalue weighted by Gasteiger charge is -2.34. The minimum atomic E-state index is -0.334. The van der Waals surface area contributed by atoms with E-state index in [1.54, 1.807) is 0 Å². The van der Waals surface area contributed by atoms with E-state index in [0.29, 0.717) is 6.04 Å². The molecule has 0 unspecified atom stereocenters. The summed E-state index contributed by atoms with van der Waals surface area (Å²) in [5, 5.41) is 3.70. The molecule has 1 aliphatic carbocycles. The molecule has 0 bridgehead atoms. The monoisotopic (exact) mass is 283 g/mol. The Morgan fingerprint density at radius 1 is 1.10 bits per heavy atom. The highest BCUT2D eigenvalue weighted by atomic mass is 16.7. The average Bonchev–Trinajstić information content (AvgIpc) is 2.84. The third-order valence-corrected chi connectivity index (χ3v) is 5.40. The number of hydrogen-bond donors (Lipinski definition) is 1. The van der Waals surface area contributed by atoms with E-state index in [4.69, 9.17) is 14.2 Å². The molecule has 4 atom stereocenters. The van der Waals surface area contributed by atoms with Gasteiger partial charge in [-0.1, -0.05) is 13.8 Å². The summed E-state index contributed by atoms with van der Waals surface area (Å²) in [6, 6.07) is 0.663. The molecular weight excluding hydrogens is 254 g/mol. The van der Waals surface area contributed by atoms with Crippen molar-refractivity contribution in [3.63, 3.8) is 0 Å². The lowest BCUT2D eigenvalue weighted by Crippen LogP contribution is -2.42. The molecule has 116 valence electrons. The Morgan fingerprint density at radius 3 is 2.65 bits per heavy atom. The Bertz CT molecular complexity index is 317. The van der Waals surface area contributed by atoms with Crippen LogP contribution in [-0.4, -0.2) is 44.3 Å². The number of rotatable bonds is 3. The highest BCUT2D eigenvalue weighted by Gasteiger charge is 2.42. The lowest BCUT2D eigenvalue weighted by molar-refractivity contribution is -0.210. The van der Waals surface area contributed by atoms with Crippen LogP contribution in [0.3, 0.4) is 0 Å². The fourth-order valence-corrected chi connectivity index (χ4v) is 3.69. The van der Waals surface area contributed by atoms with E-state index in [-0.39, 0.29) is 11.9 Å². The molecular formula is C16H29NO3. The van der Waals surface area contributed by atoms with Gasteiger partial charge in [0.25, 0.3) is 0 Å². The predicted octanol–water partition coefficient (Wildman–Crippen LogP) is 2.32. The molecule has 0 aromatic rings. The van der Waals surface area contributed by atoms with E-state index in [0.717, 1.165) is 51.0 Å². The minimum absolute atomic E-state index is 0.211. The third-order valence-electron chi connectivity index (χ3n) is 5.40. The Morgan fingerprint density at radius 2 is 1.90 bits per heavy atom. The van der Waals surface area contributed by atoms with E-state index in [1.807, 2.05) is 0 Å². The zero-order chi connectivity index (χ0) is 14.0. The Hall–Kier alpha value is -0.160. The maximum atomic E-state index is 6.16. The average molecular weight is 283 g/mol. The molecule has 0 amide bonds. The maximum absolute atomic E-state index is 6.16. The van der Waals surface area contributed by atoms with Gasteiger partial charge in [0.05, 0.1) is 25.9 Å². The molecule has 4 nitrogen and oxygen atoms in total. The van der Waals surface area contributed by atoms with E-state index in [9.17, 15) is 0 Å². The fourth-order valence-electron chi connectivity index (χ4n) is 3.69. The summed E-state index contributed by atoms with van der Waals surface area (Å²) in [5.74, 6) is 1.38. The molecule has 1 saturated carbocycles. The summed E-state index contributed by atoms with van der Waals surface area (Å²) in [4.78, 5) is 0. The first kappa shape index (κ1) is 14.8. The molecule has 3 fully saturated rings. The van der Waals surface area contributed by atoms with Crippen molar-refractivity contribution in [2.24, 2.45) is 11.8 Å². The summed E-state index contributed by atoms with van der Waals surface area (Å²) in [7, 11) is 0. The zero-order valence-corrected chi connectivity index (χ0v) is 12.9. The second-order valence-corrected chi connectivity index (χ2v) is 6.95. The summed E-state index contributed by atoms with van der Waals surface area (Å²) >= 11 is 0. The standard InChI is InChI=1S/C16H29NO3/c1-12-3-4-14(9-13(12)2)17-10-15-11-19-16(20-15)5-7-18-8-6-16/h12-15,17H,3-11H2,1-2H3/t12-,13-,14+,15+/m1/s1. The predicted molar refractivity (Wildman–Crippen MR) is 77.6 cm³/mol. The molecule has 3 rings (SSSR count). The molecule has 0 aromatic carbocycles. The largest absolute Gasteiger partial charge is 0.381 e. The van der Waals surface area contributed by atoms with Crippen LogP contribution in [0.4, 0.5) is 0 Å². The fraction of sp³-hybridized carbons (Fsp3) is 1.00. The van der Waals surface area contributed by atoms with Crippen molar-refractivity contribution < 1.29 is 14.2 Å². The highest BCUT2D eigenvalue weighted by Crippen LogP contribution is 2.33. The molecule has 0 radical (unpaired) electrons. The molecule has 1 spiro atoms. The molecule has 1 N–H and O–H groups in total. The van der Waals surface area contributed by atoms with Gasteiger partial charge >= 0.3 is 0 Å². The van der Waals surface area contributed by atoms with Crippen molar-refractivity contribution in [2.45, 2.75) is 63.9 Å². The first-order valence-corrected chi connectivity index (χ1v) is 8.30. The van der Waals surface area contributed by atoms with Gasteiger partial charge in [-0.3, -0.25) is 0 Å². The number of nitrogens with one attached hydrogen (secondary N) is 1. The molecule has 2 heterocycles. The lowest BCUT2D eigenvalue weighted by atomic mass is 9.79. The van der Waals surface area contributed by atoms with Crippen molar-refractivity contribution in [2.75, 3.05) is 26.4 Å². The van der Waals surface area contributed by atoms with Crippen LogP contribution >= 0.6 is 0 Å². The first-order chi connectivity index (χ1) is 9.67. The highest BCUT2D eigenvalue weighted by molar-refractivity contribution is 4.85. The van der Waals surface area contributed by atoms with Crippen LogP contribution in [0.5, 0.6) is 0 Å². The van der Waals surface area contributed by atoms with Crippen LogP contribution in [-0.2, 0) is 14.2 Å². The van der Waals surface area contributed by atoms with Crippen LogP contribution in [0.1, 0.15) is 46.0 Å². The van der Waals surface area contributed by atoms with E-state index >= 15 is 0 Å². The van der Waals surface area contributed by atoms with Gasteiger partial charge in [0.1, 0.15) is 0 Å². The maximum Gasteiger partial charge on any atom is 0.173 e. The minimum Gasteiger partial charge on any atom is -0.381 e. The van der Waals surface area contributed by atoms with E-state index < -0.39 is 0 Å². The smallest absolute Gasteiger partial charge is 0.173 e. The van der Waals surface area contributed by atoms with Crippen molar-refractivity contribution in [3.8, 4) is 0 Å². The molecule has 3 aliphatic rings. The van der Waals surface area contributed by atoms with Crippen LogP contribution < -0.4 is 5.32 Å². The van der Waals surface area contributed by atoms with Gasteiger partial charge in [0.2, 0.25) is 0 Å². The van der Waals surface area contributed by atoms with Gasteiger partial charge in [0, 0.05) is 25.4 Å². The van der Waals surface area contributed by atoms with Crippen molar-refractivity contribution in [3.05, 3.63) is 0 Å². The van der Waals surface area contributed by atoms with Crippen LogP contribution in [0, 0.1) is 11.8 Å². The quantitative estimate of drug-likeness (QED) is 0.863. The number of ether oxygens (including phenoxy) is 3. The van der Waals surface area contributed by atoms with E-state index in [2.05, 4.69) is 19.2 Å². The van der Waals surface area contributed by atoms with Gasteiger partial charge in [-0.15, -0.1) is 0 Å². The van der Waals surface area contributed by atoms with Crippen molar-refractivity contribution >= 4 is 0 Å². The normalized spacial score (nSPS) is 41.1. The second kappa shape index (κ2) is 6.30. The van der Waals surface area contributed by atoms with Gasteiger partial charge in [0.15, 0.2) is 5.79 Å². The van der Waals surface area contributed by atoms with E-state index in [1.165, 1.54) is 19.3 Å². The molecule has 4 heteroatoms. The summed E-state index contributed by atoms with van der Waals surface area (Å²) in [6.07, 6.45) is 5.92. The van der Waals surface area contributed by atoms with Crippen LogP contribution in [0.15, 0.2) is 0 Å². The Balaban J connectivity index is 1.41.